The Hall–Kier alpha value is -3.58. The minimum absolute atomic E-state index is 1.06. The van der Waals surface area contributed by atoms with Gasteiger partial charge >= 0.3 is 0 Å². The number of benzene rings is 3. The van der Waals surface area contributed by atoms with Crippen LogP contribution >= 0.6 is 0 Å². The van der Waals surface area contributed by atoms with Crippen LogP contribution in [0.5, 0.6) is 0 Å². The fourth-order valence-electron chi connectivity index (χ4n) is 4.76. The molecular weight excluding hydrogens is 398 g/mol. The number of rotatable bonds is 5. The highest BCUT2D eigenvalue weighted by atomic mass is 15.1. The van der Waals surface area contributed by atoms with E-state index in [1.807, 2.05) is 0 Å². The molecule has 0 aromatic heterocycles. The average Bonchev–Trinajstić information content (AvgIpc) is 2.89. The number of hydrogen-bond acceptors (Lipinski definition) is 1. The van der Waals surface area contributed by atoms with Gasteiger partial charge in [-0.05, 0) is 90.3 Å². The van der Waals surface area contributed by atoms with Crippen molar-refractivity contribution in [2.45, 2.75) is 32.6 Å². The van der Waals surface area contributed by atoms with Gasteiger partial charge in [0.2, 0.25) is 0 Å². The van der Waals surface area contributed by atoms with Crippen LogP contribution in [-0.4, -0.2) is 7.05 Å². The first kappa shape index (κ1) is 21.3. The van der Waals surface area contributed by atoms with E-state index in [2.05, 4.69) is 122 Å². The van der Waals surface area contributed by atoms with Crippen LogP contribution in [0, 0.1) is 6.92 Å². The Kier molecular flexibility index (Phi) is 6.13. The lowest BCUT2D eigenvalue weighted by molar-refractivity contribution is 0.907. The molecule has 3 aromatic rings. The normalized spacial score (nSPS) is 15.8. The van der Waals surface area contributed by atoms with Crippen molar-refractivity contribution < 1.29 is 0 Å². The maximum Gasteiger partial charge on any atom is 0.0405 e. The van der Waals surface area contributed by atoms with Crippen LogP contribution < -0.4 is 4.90 Å². The van der Waals surface area contributed by atoms with Crippen LogP contribution in [0.3, 0.4) is 0 Å². The summed E-state index contributed by atoms with van der Waals surface area (Å²) in [7, 11) is 2.16. The van der Waals surface area contributed by atoms with Gasteiger partial charge in [0.05, 0.1) is 0 Å². The van der Waals surface area contributed by atoms with Gasteiger partial charge in [0, 0.05) is 18.4 Å². The molecule has 0 saturated heterocycles. The number of hydrogen-bond donors (Lipinski definition) is 0. The monoisotopic (exact) mass is 429 g/mol. The molecule has 1 heteroatoms. The molecule has 2 aliphatic carbocycles. The Morgan fingerprint density at radius 2 is 1.45 bits per heavy atom. The molecule has 0 spiro atoms. The van der Waals surface area contributed by atoms with Crippen molar-refractivity contribution in [2.24, 2.45) is 0 Å². The van der Waals surface area contributed by atoms with Crippen molar-refractivity contribution in [1.82, 2.24) is 0 Å². The van der Waals surface area contributed by atoms with Gasteiger partial charge in [-0.2, -0.15) is 0 Å². The van der Waals surface area contributed by atoms with E-state index < -0.39 is 0 Å². The first-order chi connectivity index (χ1) is 16.2. The number of nitrogens with zero attached hydrogens (tertiary/aromatic N) is 1. The zero-order valence-electron chi connectivity index (χ0n) is 19.6. The Morgan fingerprint density at radius 3 is 2.21 bits per heavy atom. The number of allylic oxidation sites excluding steroid dienone is 8. The highest BCUT2D eigenvalue weighted by molar-refractivity contribution is 5.87. The van der Waals surface area contributed by atoms with Gasteiger partial charge in [0.1, 0.15) is 0 Å². The molecule has 0 saturated carbocycles. The van der Waals surface area contributed by atoms with Crippen LogP contribution in [0.4, 0.5) is 5.69 Å². The molecule has 0 amide bonds. The van der Waals surface area contributed by atoms with Crippen molar-refractivity contribution in [1.29, 1.82) is 0 Å². The second kappa shape index (κ2) is 9.50. The van der Waals surface area contributed by atoms with E-state index in [1.54, 1.807) is 0 Å². The van der Waals surface area contributed by atoms with Crippen molar-refractivity contribution in [3.8, 4) is 0 Å². The number of aryl methyl sites for hydroxylation is 1. The molecule has 0 N–H and O–H groups in total. The predicted octanol–water partition coefficient (Wildman–Crippen LogP) is 8.45. The lowest BCUT2D eigenvalue weighted by atomic mass is 9.88. The fourth-order valence-corrected chi connectivity index (χ4v) is 4.76. The van der Waals surface area contributed by atoms with Gasteiger partial charge in [-0.3, -0.25) is 0 Å². The molecule has 0 heterocycles. The third-order valence-corrected chi connectivity index (χ3v) is 6.80. The summed E-state index contributed by atoms with van der Waals surface area (Å²) in [5.41, 5.74) is 12.1. The highest BCUT2D eigenvalue weighted by Gasteiger charge is 2.14. The first-order valence-corrected chi connectivity index (χ1v) is 11.9. The number of para-hydroxylation sites is 1. The molecule has 2 aliphatic rings. The molecule has 0 aliphatic heterocycles. The summed E-state index contributed by atoms with van der Waals surface area (Å²) in [6.45, 7) is 2.15. The van der Waals surface area contributed by atoms with E-state index >= 15 is 0 Å². The van der Waals surface area contributed by atoms with E-state index in [0.29, 0.717) is 0 Å². The van der Waals surface area contributed by atoms with Crippen LogP contribution in [0.2, 0.25) is 0 Å². The van der Waals surface area contributed by atoms with Crippen molar-refractivity contribution >= 4 is 22.4 Å². The maximum absolute atomic E-state index is 2.39. The SMILES string of the molecule is Cc1ccc(C2=CC(c3cccc(C4=CC=C(N(C)c5ccccc5)CC4)c3)=CCC2)cc1. The Balaban J connectivity index is 1.37. The highest BCUT2D eigenvalue weighted by Crippen LogP contribution is 2.34. The van der Waals surface area contributed by atoms with Crippen LogP contribution in [0.15, 0.2) is 109 Å². The predicted molar refractivity (Wildman–Crippen MR) is 143 cm³/mol. The Labute approximate surface area is 198 Å². The van der Waals surface area contributed by atoms with Crippen molar-refractivity contribution in [3.05, 3.63) is 131 Å². The second-order valence-electron chi connectivity index (χ2n) is 9.06. The summed E-state index contributed by atoms with van der Waals surface area (Å²) in [6.07, 6.45) is 13.7. The van der Waals surface area contributed by atoms with E-state index in [9.17, 15) is 0 Å². The summed E-state index contributed by atoms with van der Waals surface area (Å²) in [6, 6.07) is 28.6. The van der Waals surface area contributed by atoms with Crippen LogP contribution in [0.1, 0.15) is 47.9 Å². The third-order valence-electron chi connectivity index (χ3n) is 6.80. The molecule has 33 heavy (non-hydrogen) atoms. The van der Waals surface area contributed by atoms with Gasteiger partial charge in [-0.15, -0.1) is 0 Å². The smallest absolute Gasteiger partial charge is 0.0405 e. The first-order valence-electron chi connectivity index (χ1n) is 11.9. The lowest BCUT2D eigenvalue weighted by Crippen LogP contribution is -2.17. The summed E-state index contributed by atoms with van der Waals surface area (Å²) in [5, 5.41) is 0. The average molecular weight is 430 g/mol. The number of anilines is 1. The maximum atomic E-state index is 2.39. The van der Waals surface area contributed by atoms with Gasteiger partial charge in [-0.1, -0.05) is 84.5 Å². The summed E-state index contributed by atoms with van der Waals surface area (Å²) >= 11 is 0. The van der Waals surface area contributed by atoms with E-state index in [0.717, 1.165) is 25.7 Å². The van der Waals surface area contributed by atoms with Gasteiger partial charge in [0.15, 0.2) is 0 Å². The van der Waals surface area contributed by atoms with Gasteiger partial charge in [-0.25, -0.2) is 0 Å². The Morgan fingerprint density at radius 1 is 0.667 bits per heavy atom. The summed E-state index contributed by atoms with van der Waals surface area (Å²) in [4.78, 5) is 2.30. The summed E-state index contributed by atoms with van der Waals surface area (Å²) in [5.74, 6) is 0. The lowest BCUT2D eigenvalue weighted by Gasteiger charge is -2.25. The Bertz CT molecular complexity index is 1250. The van der Waals surface area contributed by atoms with E-state index in [1.165, 1.54) is 50.4 Å². The van der Waals surface area contributed by atoms with Crippen molar-refractivity contribution in [3.63, 3.8) is 0 Å². The fraction of sp³-hybridized carbons (Fsp3) is 0.188. The largest absolute Gasteiger partial charge is 0.348 e. The topological polar surface area (TPSA) is 3.24 Å². The van der Waals surface area contributed by atoms with Gasteiger partial charge in [0.25, 0.3) is 0 Å². The molecule has 0 radical (unpaired) electrons. The molecule has 3 aromatic carbocycles. The zero-order chi connectivity index (χ0) is 22.6. The van der Waals surface area contributed by atoms with Crippen LogP contribution in [0.25, 0.3) is 16.7 Å². The van der Waals surface area contributed by atoms with Crippen LogP contribution in [-0.2, 0) is 0 Å². The molecule has 0 bridgehead atoms. The molecule has 1 nitrogen and oxygen atoms in total. The third kappa shape index (κ3) is 4.78. The summed E-state index contributed by atoms with van der Waals surface area (Å²) < 4.78 is 0. The quantitative estimate of drug-likeness (QED) is 0.393. The second-order valence-corrected chi connectivity index (χ2v) is 9.06. The minimum atomic E-state index is 1.06. The zero-order valence-corrected chi connectivity index (χ0v) is 19.6. The van der Waals surface area contributed by atoms with E-state index in [-0.39, 0.29) is 0 Å². The molecule has 0 unspecified atom stereocenters. The molecule has 164 valence electrons. The molecule has 0 atom stereocenters. The molecule has 5 rings (SSSR count). The van der Waals surface area contributed by atoms with E-state index in [4.69, 9.17) is 0 Å². The molecule has 0 fully saturated rings. The standard InChI is InChI=1S/C32H31N/c1-24-14-16-25(17-15-24)27-8-6-10-29(22-27)30-11-7-9-28(23-30)26-18-20-32(21-19-26)33(2)31-12-4-3-5-13-31/h3-5,7,9-18,20,22-23H,6,8,19,21H2,1-2H3. The minimum Gasteiger partial charge on any atom is -0.348 e. The molecular formula is C32H31N. The van der Waals surface area contributed by atoms with Crippen molar-refractivity contribution in [2.75, 3.05) is 11.9 Å². The van der Waals surface area contributed by atoms with Gasteiger partial charge < -0.3 is 4.90 Å².